The minimum absolute atomic E-state index is 0.847. The van der Waals surface area contributed by atoms with E-state index in [1.807, 2.05) is 0 Å². The largest absolute Gasteiger partial charge is 0.296 e. The zero-order valence-corrected chi connectivity index (χ0v) is 10.4. The fourth-order valence-corrected chi connectivity index (χ4v) is 2.69. The molecule has 1 aliphatic heterocycles. The van der Waals surface area contributed by atoms with E-state index in [0.29, 0.717) is 0 Å². The van der Waals surface area contributed by atoms with Crippen molar-refractivity contribution in [3.05, 3.63) is 35.9 Å². The summed E-state index contributed by atoms with van der Waals surface area (Å²) in [5.74, 6) is 0. The molecule has 1 nitrogen and oxygen atoms in total. The number of nitrogens with zero attached hydrogens (tertiary/aromatic N) is 1. The van der Waals surface area contributed by atoms with Crippen LogP contribution in [0.3, 0.4) is 0 Å². The van der Waals surface area contributed by atoms with Crippen molar-refractivity contribution in [3.8, 4) is 0 Å². The SMILES string of the molecule is CCCCC1CCCN1Cc1ccccc1. The van der Waals surface area contributed by atoms with Crippen molar-refractivity contribution in [3.63, 3.8) is 0 Å². The lowest BCUT2D eigenvalue weighted by Crippen LogP contribution is -2.28. The molecule has 1 fully saturated rings. The van der Waals surface area contributed by atoms with Crippen LogP contribution < -0.4 is 0 Å². The van der Waals surface area contributed by atoms with E-state index in [1.54, 1.807) is 0 Å². The summed E-state index contributed by atoms with van der Waals surface area (Å²) in [7, 11) is 0. The van der Waals surface area contributed by atoms with Gasteiger partial charge >= 0.3 is 0 Å². The van der Waals surface area contributed by atoms with E-state index < -0.39 is 0 Å². The Kier molecular flexibility index (Phi) is 4.41. The summed E-state index contributed by atoms with van der Waals surface area (Å²) in [6.07, 6.45) is 6.91. The summed E-state index contributed by atoms with van der Waals surface area (Å²) in [6, 6.07) is 11.7. The van der Waals surface area contributed by atoms with Crippen molar-refractivity contribution in [2.24, 2.45) is 0 Å². The molecule has 16 heavy (non-hydrogen) atoms. The monoisotopic (exact) mass is 217 g/mol. The lowest BCUT2D eigenvalue weighted by Gasteiger charge is -2.24. The Labute approximate surface area is 99.5 Å². The molecule has 0 aliphatic carbocycles. The average molecular weight is 217 g/mol. The van der Waals surface area contributed by atoms with Crippen molar-refractivity contribution >= 4 is 0 Å². The van der Waals surface area contributed by atoms with Crippen LogP contribution in [0.1, 0.15) is 44.6 Å². The molecule has 0 spiro atoms. The predicted octanol–water partition coefficient (Wildman–Crippen LogP) is 3.84. The van der Waals surface area contributed by atoms with Crippen molar-refractivity contribution in [1.29, 1.82) is 0 Å². The lowest BCUT2D eigenvalue weighted by atomic mass is 10.1. The van der Waals surface area contributed by atoms with Crippen LogP contribution in [-0.2, 0) is 6.54 Å². The molecule has 0 radical (unpaired) electrons. The van der Waals surface area contributed by atoms with Crippen LogP contribution >= 0.6 is 0 Å². The van der Waals surface area contributed by atoms with Crippen LogP contribution in [0, 0.1) is 0 Å². The average Bonchev–Trinajstić information content (AvgIpc) is 2.75. The molecule has 1 unspecified atom stereocenters. The normalized spacial score (nSPS) is 21.4. The molecule has 0 N–H and O–H groups in total. The van der Waals surface area contributed by atoms with Gasteiger partial charge in [-0.15, -0.1) is 0 Å². The molecule has 0 bridgehead atoms. The maximum absolute atomic E-state index is 2.67. The molecule has 0 amide bonds. The molecule has 88 valence electrons. The molecule has 1 aromatic rings. The van der Waals surface area contributed by atoms with Crippen LogP contribution in [0.5, 0.6) is 0 Å². The quantitative estimate of drug-likeness (QED) is 0.724. The van der Waals surface area contributed by atoms with Crippen LogP contribution in [0.4, 0.5) is 0 Å². The van der Waals surface area contributed by atoms with Gasteiger partial charge in [0.2, 0.25) is 0 Å². The molecular weight excluding hydrogens is 194 g/mol. The predicted molar refractivity (Wildman–Crippen MR) is 69.4 cm³/mol. The van der Waals surface area contributed by atoms with E-state index in [0.717, 1.165) is 12.6 Å². The zero-order valence-electron chi connectivity index (χ0n) is 10.4. The number of unbranched alkanes of at least 4 members (excludes halogenated alkanes) is 1. The number of hydrogen-bond donors (Lipinski definition) is 0. The Bertz CT molecular complexity index is 294. The number of likely N-dealkylation sites (tertiary alicyclic amines) is 1. The Morgan fingerprint density at radius 3 is 2.81 bits per heavy atom. The van der Waals surface area contributed by atoms with Crippen LogP contribution in [0.15, 0.2) is 30.3 Å². The summed E-state index contributed by atoms with van der Waals surface area (Å²) in [4.78, 5) is 2.67. The summed E-state index contributed by atoms with van der Waals surface area (Å²) < 4.78 is 0. The van der Waals surface area contributed by atoms with Gasteiger partial charge in [-0.05, 0) is 31.4 Å². The molecule has 2 rings (SSSR count). The maximum Gasteiger partial charge on any atom is 0.0236 e. The number of benzene rings is 1. The van der Waals surface area contributed by atoms with Gasteiger partial charge in [-0.25, -0.2) is 0 Å². The Morgan fingerprint density at radius 2 is 2.06 bits per heavy atom. The van der Waals surface area contributed by atoms with Gasteiger partial charge in [0.1, 0.15) is 0 Å². The number of hydrogen-bond acceptors (Lipinski definition) is 1. The first-order valence-corrected chi connectivity index (χ1v) is 6.68. The Morgan fingerprint density at radius 1 is 1.25 bits per heavy atom. The molecule has 1 aromatic carbocycles. The first-order chi connectivity index (χ1) is 7.90. The molecule has 1 heteroatoms. The standard InChI is InChI=1S/C15H23N/c1-2-3-10-15-11-7-12-16(15)13-14-8-5-4-6-9-14/h4-6,8-9,15H,2-3,7,10-13H2,1H3. The Hall–Kier alpha value is -0.820. The summed E-state index contributed by atoms with van der Waals surface area (Å²) in [6.45, 7) is 4.73. The number of rotatable bonds is 5. The molecule has 1 saturated heterocycles. The van der Waals surface area contributed by atoms with E-state index in [-0.39, 0.29) is 0 Å². The highest BCUT2D eigenvalue weighted by Crippen LogP contribution is 2.23. The summed E-state index contributed by atoms with van der Waals surface area (Å²) in [5, 5.41) is 0. The summed E-state index contributed by atoms with van der Waals surface area (Å²) >= 11 is 0. The van der Waals surface area contributed by atoms with Crippen molar-refractivity contribution in [1.82, 2.24) is 4.90 Å². The van der Waals surface area contributed by atoms with Crippen molar-refractivity contribution in [2.45, 2.75) is 51.6 Å². The maximum atomic E-state index is 2.67. The highest BCUT2D eigenvalue weighted by Gasteiger charge is 2.23. The van der Waals surface area contributed by atoms with E-state index in [1.165, 1.54) is 44.2 Å². The van der Waals surface area contributed by atoms with Gasteiger partial charge in [-0.2, -0.15) is 0 Å². The van der Waals surface area contributed by atoms with Gasteiger partial charge in [0.25, 0.3) is 0 Å². The smallest absolute Gasteiger partial charge is 0.0236 e. The fraction of sp³-hybridized carbons (Fsp3) is 0.600. The first kappa shape index (κ1) is 11.7. The van der Waals surface area contributed by atoms with Gasteiger partial charge in [0.05, 0.1) is 0 Å². The minimum Gasteiger partial charge on any atom is -0.296 e. The molecular formula is C15H23N. The Balaban J connectivity index is 1.88. The summed E-state index contributed by atoms with van der Waals surface area (Å²) in [5.41, 5.74) is 1.46. The van der Waals surface area contributed by atoms with E-state index in [9.17, 15) is 0 Å². The van der Waals surface area contributed by atoms with Crippen LogP contribution in [0.25, 0.3) is 0 Å². The molecule has 1 aliphatic rings. The van der Waals surface area contributed by atoms with Crippen LogP contribution in [-0.4, -0.2) is 17.5 Å². The van der Waals surface area contributed by atoms with Crippen molar-refractivity contribution in [2.75, 3.05) is 6.54 Å². The second kappa shape index (κ2) is 6.05. The zero-order chi connectivity index (χ0) is 11.2. The first-order valence-electron chi connectivity index (χ1n) is 6.68. The third kappa shape index (κ3) is 3.08. The van der Waals surface area contributed by atoms with E-state index >= 15 is 0 Å². The third-order valence-electron chi connectivity index (χ3n) is 3.62. The second-order valence-corrected chi connectivity index (χ2v) is 4.89. The lowest BCUT2D eigenvalue weighted by molar-refractivity contribution is 0.231. The van der Waals surface area contributed by atoms with Gasteiger partial charge in [-0.3, -0.25) is 4.90 Å². The third-order valence-corrected chi connectivity index (χ3v) is 3.62. The fourth-order valence-electron chi connectivity index (χ4n) is 2.69. The molecule has 1 heterocycles. The minimum atomic E-state index is 0.847. The van der Waals surface area contributed by atoms with Crippen LogP contribution in [0.2, 0.25) is 0 Å². The molecule has 0 aromatic heterocycles. The molecule has 0 saturated carbocycles. The second-order valence-electron chi connectivity index (χ2n) is 4.89. The van der Waals surface area contributed by atoms with Gasteiger partial charge in [-0.1, -0.05) is 50.1 Å². The highest BCUT2D eigenvalue weighted by atomic mass is 15.2. The van der Waals surface area contributed by atoms with Crippen molar-refractivity contribution < 1.29 is 0 Å². The highest BCUT2D eigenvalue weighted by molar-refractivity contribution is 5.14. The van der Waals surface area contributed by atoms with Gasteiger partial charge in [0.15, 0.2) is 0 Å². The van der Waals surface area contributed by atoms with Gasteiger partial charge in [0, 0.05) is 12.6 Å². The van der Waals surface area contributed by atoms with Gasteiger partial charge < -0.3 is 0 Å². The topological polar surface area (TPSA) is 3.24 Å². The van der Waals surface area contributed by atoms with E-state index in [4.69, 9.17) is 0 Å². The van der Waals surface area contributed by atoms with E-state index in [2.05, 4.69) is 42.2 Å². The molecule has 1 atom stereocenters.